The maximum Gasteiger partial charge on any atom is 0.0688 e. The molecule has 0 amide bonds. The predicted molar refractivity (Wildman–Crippen MR) is 69.8 cm³/mol. The molecule has 0 saturated carbocycles. The molecule has 74 valence electrons. The molecule has 0 radical (unpaired) electrons. The van der Waals surface area contributed by atoms with E-state index >= 15 is 0 Å². The summed E-state index contributed by atoms with van der Waals surface area (Å²) in [7, 11) is 0. The summed E-state index contributed by atoms with van der Waals surface area (Å²) in [5, 5.41) is 12.7. The van der Waals surface area contributed by atoms with Gasteiger partial charge in [0.2, 0.25) is 0 Å². The first-order valence-corrected chi connectivity index (χ1v) is 6.52. The Morgan fingerprint density at radius 2 is 2.14 bits per heavy atom. The number of thiophene rings is 1. The molecule has 0 fully saturated rings. The van der Waals surface area contributed by atoms with Crippen LogP contribution in [-0.2, 0) is 13.0 Å². The third-order valence-electron chi connectivity index (χ3n) is 2.39. The van der Waals surface area contributed by atoms with E-state index in [0.717, 1.165) is 12.0 Å². The van der Waals surface area contributed by atoms with E-state index in [1.54, 1.807) is 11.3 Å². The maximum atomic E-state index is 9.27. The fourth-order valence-corrected chi connectivity index (χ4v) is 3.58. The van der Waals surface area contributed by atoms with Gasteiger partial charge in [-0.05, 0) is 51.6 Å². The van der Waals surface area contributed by atoms with Crippen LogP contribution in [0, 0.1) is 3.57 Å². The second-order valence-corrected chi connectivity index (χ2v) is 5.23. The van der Waals surface area contributed by atoms with Gasteiger partial charge in [-0.2, -0.15) is 0 Å². The number of benzene rings is 1. The molecule has 0 aliphatic rings. The standard InChI is InChI=1S/C11H11IOS/c1-2-7-6-14-11-9(12)4-3-8(5-13)10(7)11/h3-4,6,13H,2,5H2,1H3. The summed E-state index contributed by atoms with van der Waals surface area (Å²) in [5.74, 6) is 0. The summed E-state index contributed by atoms with van der Waals surface area (Å²) in [5.41, 5.74) is 2.41. The van der Waals surface area contributed by atoms with Gasteiger partial charge >= 0.3 is 0 Å². The summed E-state index contributed by atoms with van der Waals surface area (Å²) in [4.78, 5) is 0. The SMILES string of the molecule is CCc1csc2c(I)ccc(CO)c12. The molecule has 2 aromatic rings. The molecule has 0 bridgehead atoms. The zero-order valence-electron chi connectivity index (χ0n) is 7.88. The van der Waals surface area contributed by atoms with Gasteiger partial charge < -0.3 is 5.11 Å². The van der Waals surface area contributed by atoms with Crippen molar-refractivity contribution in [2.24, 2.45) is 0 Å². The van der Waals surface area contributed by atoms with Crippen molar-refractivity contribution in [2.75, 3.05) is 0 Å². The lowest BCUT2D eigenvalue weighted by Gasteiger charge is -2.03. The van der Waals surface area contributed by atoms with E-state index in [1.165, 1.54) is 19.2 Å². The van der Waals surface area contributed by atoms with Crippen molar-refractivity contribution in [2.45, 2.75) is 20.0 Å². The highest BCUT2D eigenvalue weighted by Gasteiger charge is 2.09. The minimum absolute atomic E-state index is 0.136. The molecular weight excluding hydrogens is 307 g/mol. The lowest BCUT2D eigenvalue weighted by atomic mass is 10.1. The molecule has 0 unspecified atom stereocenters. The molecule has 0 aliphatic heterocycles. The van der Waals surface area contributed by atoms with Gasteiger partial charge in [0.25, 0.3) is 0 Å². The summed E-state index contributed by atoms with van der Waals surface area (Å²) in [6, 6.07) is 4.10. The van der Waals surface area contributed by atoms with E-state index in [0.29, 0.717) is 0 Å². The quantitative estimate of drug-likeness (QED) is 0.840. The molecule has 1 aromatic carbocycles. The zero-order chi connectivity index (χ0) is 10.1. The number of rotatable bonds is 2. The highest BCUT2D eigenvalue weighted by molar-refractivity contribution is 14.1. The second kappa shape index (κ2) is 4.16. The third-order valence-corrected chi connectivity index (χ3v) is 4.71. The van der Waals surface area contributed by atoms with Gasteiger partial charge in [0.1, 0.15) is 0 Å². The number of aliphatic hydroxyl groups excluding tert-OH is 1. The van der Waals surface area contributed by atoms with E-state index in [9.17, 15) is 5.11 Å². The van der Waals surface area contributed by atoms with E-state index in [2.05, 4.69) is 41.0 Å². The summed E-state index contributed by atoms with van der Waals surface area (Å²) < 4.78 is 2.59. The third kappa shape index (κ3) is 1.57. The molecule has 3 heteroatoms. The van der Waals surface area contributed by atoms with Crippen LogP contribution >= 0.6 is 33.9 Å². The van der Waals surface area contributed by atoms with Crippen LogP contribution in [0.4, 0.5) is 0 Å². The first kappa shape index (κ1) is 10.4. The van der Waals surface area contributed by atoms with Crippen LogP contribution in [-0.4, -0.2) is 5.11 Å². The number of aryl methyl sites for hydroxylation is 1. The monoisotopic (exact) mass is 318 g/mol. The number of fused-ring (bicyclic) bond motifs is 1. The van der Waals surface area contributed by atoms with Gasteiger partial charge in [-0.3, -0.25) is 0 Å². The van der Waals surface area contributed by atoms with Crippen LogP contribution in [0.25, 0.3) is 10.1 Å². The van der Waals surface area contributed by atoms with E-state index in [4.69, 9.17) is 0 Å². The van der Waals surface area contributed by atoms with Gasteiger partial charge in [0.15, 0.2) is 0 Å². The van der Waals surface area contributed by atoms with Gasteiger partial charge in [-0.15, -0.1) is 11.3 Å². The number of aliphatic hydroxyl groups is 1. The molecule has 0 spiro atoms. The van der Waals surface area contributed by atoms with Crippen molar-refractivity contribution >= 4 is 44.0 Å². The molecule has 0 atom stereocenters. The zero-order valence-corrected chi connectivity index (χ0v) is 10.9. The summed E-state index contributed by atoms with van der Waals surface area (Å²) in [6.45, 7) is 2.29. The number of hydrogen-bond donors (Lipinski definition) is 1. The van der Waals surface area contributed by atoms with Gasteiger partial charge in [-0.25, -0.2) is 0 Å². The Hall–Kier alpha value is -0.130. The number of halogens is 1. The Bertz CT molecular complexity index is 462. The Kier molecular flexibility index (Phi) is 3.09. The highest BCUT2D eigenvalue weighted by Crippen LogP contribution is 2.33. The summed E-state index contributed by atoms with van der Waals surface area (Å²) >= 11 is 4.13. The van der Waals surface area contributed by atoms with Gasteiger partial charge in [0, 0.05) is 13.7 Å². The highest BCUT2D eigenvalue weighted by atomic mass is 127. The van der Waals surface area contributed by atoms with Crippen molar-refractivity contribution < 1.29 is 5.11 Å². The van der Waals surface area contributed by atoms with E-state index in [1.807, 2.05) is 6.07 Å². The smallest absolute Gasteiger partial charge is 0.0688 e. The molecule has 1 nitrogen and oxygen atoms in total. The van der Waals surface area contributed by atoms with Crippen molar-refractivity contribution in [3.8, 4) is 0 Å². The fourth-order valence-electron chi connectivity index (χ4n) is 1.65. The Morgan fingerprint density at radius 1 is 1.36 bits per heavy atom. The van der Waals surface area contributed by atoms with Crippen LogP contribution in [0.5, 0.6) is 0 Å². The fraction of sp³-hybridized carbons (Fsp3) is 0.273. The lowest BCUT2D eigenvalue weighted by Crippen LogP contribution is -1.88. The minimum Gasteiger partial charge on any atom is -0.392 e. The summed E-state index contributed by atoms with van der Waals surface area (Å²) in [6.07, 6.45) is 1.03. The van der Waals surface area contributed by atoms with Gasteiger partial charge in [-0.1, -0.05) is 13.0 Å². The van der Waals surface area contributed by atoms with Crippen molar-refractivity contribution in [3.63, 3.8) is 0 Å². The molecule has 1 heterocycles. The first-order valence-electron chi connectivity index (χ1n) is 4.56. The maximum absolute atomic E-state index is 9.27. The lowest BCUT2D eigenvalue weighted by molar-refractivity contribution is 0.283. The van der Waals surface area contributed by atoms with Crippen LogP contribution in [0.3, 0.4) is 0 Å². The topological polar surface area (TPSA) is 20.2 Å². The molecule has 1 aromatic heterocycles. The number of hydrogen-bond acceptors (Lipinski definition) is 2. The normalized spacial score (nSPS) is 11.1. The van der Waals surface area contributed by atoms with Gasteiger partial charge in [0.05, 0.1) is 6.61 Å². The molecule has 14 heavy (non-hydrogen) atoms. The van der Waals surface area contributed by atoms with Crippen molar-refractivity contribution in [1.82, 2.24) is 0 Å². The predicted octanol–water partition coefficient (Wildman–Crippen LogP) is 3.56. The molecular formula is C11H11IOS. The van der Waals surface area contributed by atoms with Crippen LogP contribution < -0.4 is 0 Å². The molecule has 0 saturated heterocycles. The Morgan fingerprint density at radius 3 is 2.79 bits per heavy atom. The average molecular weight is 318 g/mol. The van der Waals surface area contributed by atoms with Crippen molar-refractivity contribution in [3.05, 3.63) is 32.2 Å². The largest absolute Gasteiger partial charge is 0.392 e. The van der Waals surface area contributed by atoms with Crippen LogP contribution in [0.15, 0.2) is 17.5 Å². The molecule has 0 aliphatic carbocycles. The molecule has 1 N–H and O–H groups in total. The minimum atomic E-state index is 0.136. The van der Waals surface area contributed by atoms with E-state index in [-0.39, 0.29) is 6.61 Å². The van der Waals surface area contributed by atoms with Crippen LogP contribution in [0.2, 0.25) is 0 Å². The van der Waals surface area contributed by atoms with Crippen LogP contribution in [0.1, 0.15) is 18.1 Å². The first-order chi connectivity index (χ1) is 6.77. The second-order valence-electron chi connectivity index (χ2n) is 3.18. The Labute approximate surface area is 101 Å². The van der Waals surface area contributed by atoms with E-state index < -0.39 is 0 Å². The Balaban J connectivity index is 2.82. The molecule has 2 rings (SSSR count). The van der Waals surface area contributed by atoms with Crippen molar-refractivity contribution in [1.29, 1.82) is 0 Å². The average Bonchev–Trinajstić information content (AvgIpc) is 2.63.